The molecule has 2 aromatic rings. The molecule has 0 aliphatic carbocycles. The van der Waals surface area contributed by atoms with Crippen LogP contribution in [-0.2, 0) is 6.54 Å². The lowest BCUT2D eigenvalue weighted by atomic mass is 9.70. The Morgan fingerprint density at radius 1 is 1.29 bits per heavy atom. The van der Waals surface area contributed by atoms with Crippen LogP contribution < -0.4 is 4.74 Å². The van der Waals surface area contributed by atoms with Crippen LogP contribution in [0.5, 0.6) is 5.75 Å². The average molecular weight is 426 g/mol. The number of benzene rings is 1. The molecule has 2 aliphatic heterocycles. The van der Waals surface area contributed by atoms with Crippen molar-refractivity contribution >= 4 is 5.91 Å². The summed E-state index contributed by atoms with van der Waals surface area (Å²) in [5.74, 6) is 2.05. The van der Waals surface area contributed by atoms with Gasteiger partial charge in [-0.1, -0.05) is 13.0 Å². The number of likely N-dealkylation sites (tertiary alicyclic amines) is 2. The zero-order chi connectivity index (χ0) is 22.0. The molecule has 7 heteroatoms. The normalized spacial score (nSPS) is 21.2. The third kappa shape index (κ3) is 4.20. The highest BCUT2D eigenvalue weighted by Gasteiger charge is 2.51. The van der Waals surface area contributed by atoms with E-state index in [0.717, 1.165) is 51.3 Å². The number of nitrogens with zero attached hydrogens (tertiary/aromatic N) is 5. The number of methoxy groups -OCH3 is 1. The van der Waals surface area contributed by atoms with Gasteiger partial charge >= 0.3 is 0 Å². The van der Waals surface area contributed by atoms with E-state index in [4.69, 9.17) is 4.74 Å². The molecule has 7 nitrogen and oxygen atoms in total. The predicted octanol–water partition coefficient (Wildman–Crippen LogP) is 3.43. The molecule has 31 heavy (non-hydrogen) atoms. The van der Waals surface area contributed by atoms with E-state index in [-0.39, 0.29) is 17.2 Å². The maximum Gasteiger partial charge on any atom is 0.254 e. The molecule has 168 valence electrons. The summed E-state index contributed by atoms with van der Waals surface area (Å²) >= 11 is 0. The molecule has 0 saturated carbocycles. The summed E-state index contributed by atoms with van der Waals surface area (Å²) in [5, 5.41) is 8.80. The van der Waals surface area contributed by atoms with Crippen LogP contribution in [0.15, 0.2) is 30.6 Å². The highest BCUT2D eigenvalue weighted by atomic mass is 16.5. The molecule has 2 fully saturated rings. The first-order valence-corrected chi connectivity index (χ1v) is 11.5. The van der Waals surface area contributed by atoms with E-state index in [0.29, 0.717) is 23.9 Å². The van der Waals surface area contributed by atoms with Crippen molar-refractivity contribution in [1.29, 1.82) is 0 Å². The van der Waals surface area contributed by atoms with Crippen LogP contribution in [0.2, 0.25) is 0 Å². The molecular formula is C24H35N5O2. The van der Waals surface area contributed by atoms with Gasteiger partial charge in [0.2, 0.25) is 0 Å². The van der Waals surface area contributed by atoms with Crippen molar-refractivity contribution in [2.24, 2.45) is 5.41 Å². The van der Waals surface area contributed by atoms with Gasteiger partial charge in [0.25, 0.3) is 5.91 Å². The van der Waals surface area contributed by atoms with Crippen LogP contribution in [-0.4, -0.2) is 69.8 Å². The van der Waals surface area contributed by atoms with Gasteiger partial charge in [-0.15, -0.1) is 10.2 Å². The summed E-state index contributed by atoms with van der Waals surface area (Å²) in [4.78, 5) is 18.0. The molecule has 2 saturated heterocycles. The Balaban J connectivity index is 1.63. The third-order valence-corrected chi connectivity index (χ3v) is 7.20. The Morgan fingerprint density at radius 3 is 2.74 bits per heavy atom. The molecule has 0 bridgehead atoms. The van der Waals surface area contributed by atoms with Crippen molar-refractivity contribution < 1.29 is 9.53 Å². The number of hydrogen-bond acceptors (Lipinski definition) is 5. The van der Waals surface area contributed by atoms with Crippen LogP contribution in [0.1, 0.15) is 62.1 Å². The van der Waals surface area contributed by atoms with Crippen molar-refractivity contribution in [2.75, 3.05) is 33.3 Å². The number of aryl methyl sites for hydroxylation is 1. The highest BCUT2D eigenvalue weighted by molar-refractivity contribution is 5.95. The molecule has 3 heterocycles. The number of piperidine rings is 1. The summed E-state index contributed by atoms with van der Waals surface area (Å²) in [6, 6.07) is 8.03. The second kappa shape index (κ2) is 8.99. The first-order valence-electron chi connectivity index (χ1n) is 11.5. The quantitative estimate of drug-likeness (QED) is 0.710. The Labute approximate surface area is 185 Å². The average Bonchev–Trinajstić information content (AvgIpc) is 3.38. The van der Waals surface area contributed by atoms with Crippen LogP contribution in [0.4, 0.5) is 0 Å². The van der Waals surface area contributed by atoms with Crippen molar-refractivity contribution in [1.82, 2.24) is 24.6 Å². The van der Waals surface area contributed by atoms with Gasteiger partial charge in [-0.25, -0.2) is 0 Å². The summed E-state index contributed by atoms with van der Waals surface area (Å²) in [5.41, 5.74) is 0.739. The smallest absolute Gasteiger partial charge is 0.254 e. The summed E-state index contributed by atoms with van der Waals surface area (Å²) < 4.78 is 7.53. The fourth-order valence-corrected chi connectivity index (χ4v) is 5.36. The maximum absolute atomic E-state index is 13.5. The molecule has 4 rings (SSSR count). The van der Waals surface area contributed by atoms with E-state index in [1.54, 1.807) is 7.11 Å². The SMILES string of the molecule is CCCn1cnnc1C1CN(C(=O)c2cccc(OC)c2)CC12CCN(C(C)C)CC2. The lowest BCUT2D eigenvalue weighted by Crippen LogP contribution is -2.46. The van der Waals surface area contributed by atoms with Gasteiger partial charge in [-0.05, 0) is 64.4 Å². The van der Waals surface area contributed by atoms with Gasteiger partial charge in [0.1, 0.15) is 17.9 Å². The molecule has 1 aromatic heterocycles. The highest BCUT2D eigenvalue weighted by Crippen LogP contribution is 2.49. The second-order valence-corrected chi connectivity index (χ2v) is 9.34. The van der Waals surface area contributed by atoms with E-state index in [1.807, 2.05) is 35.5 Å². The molecule has 2 aliphatic rings. The Kier molecular flexibility index (Phi) is 6.32. The summed E-state index contributed by atoms with van der Waals surface area (Å²) in [6.45, 7) is 11.2. The zero-order valence-corrected chi connectivity index (χ0v) is 19.3. The van der Waals surface area contributed by atoms with Gasteiger partial charge in [-0.2, -0.15) is 0 Å². The molecule has 1 spiro atoms. The van der Waals surface area contributed by atoms with Crippen LogP contribution >= 0.6 is 0 Å². The molecule has 1 unspecified atom stereocenters. The monoisotopic (exact) mass is 425 g/mol. The second-order valence-electron chi connectivity index (χ2n) is 9.34. The minimum Gasteiger partial charge on any atom is -0.497 e. The van der Waals surface area contributed by atoms with Crippen LogP contribution in [0.25, 0.3) is 0 Å². The van der Waals surface area contributed by atoms with Crippen molar-refractivity contribution in [3.8, 4) is 5.75 Å². The van der Waals surface area contributed by atoms with Crippen LogP contribution in [0.3, 0.4) is 0 Å². The number of amides is 1. The topological polar surface area (TPSA) is 63.5 Å². The maximum atomic E-state index is 13.5. The zero-order valence-electron chi connectivity index (χ0n) is 19.3. The van der Waals surface area contributed by atoms with E-state index >= 15 is 0 Å². The Bertz CT molecular complexity index is 901. The van der Waals surface area contributed by atoms with Gasteiger partial charge in [0.15, 0.2) is 0 Å². The van der Waals surface area contributed by atoms with Crippen molar-refractivity contribution in [3.05, 3.63) is 42.0 Å². The minimum absolute atomic E-state index is 0.0540. The standard InChI is InChI=1S/C24H35N5O2/c1-5-11-28-17-25-26-22(28)21-15-29(23(30)19-7-6-8-20(14-19)31-4)16-24(21)9-12-27(13-10-24)18(2)3/h6-8,14,17-18,21H,5,9-13,15-16H2,1-4H3. The van der Waals surface area contributed by atoms with Crippen molar-refractivity contribution in [2.45, 2.75) is 58.5 Å². The first kappa shape index (κ1) is 21.8. The molecule has 1 atom stereocenters. The van der Waals surface area contributed by atoms with E-state index in [9.17, 15) is 4.79 Å². The van der Waals surface area contributed by atoms with Gasteiger partial charge in [-0.3, -0.25) is 4.79 Å². The first-order chi connectivity index (χ1) is 15.0. The van der Waals surface area contributed by atoms with Gasteiger partial charge < -0.3 is 19.1 Å². The molecule has 0 radical (unpaired) electrons. The Morgan fingerprint density at radius 2 is 2.06 bits per heavy atom. The number of ether oxygens (including phenoxy) is 1. The molecular weight excluding hydrogens is 390 g/mol. The van der Waals surface area contributed by atoms with Gasteiger partial charge in [0, 0.05) is 42.6 Å². The largest absolute Gasteiger partial charge is 0.497 e. The number of carbonyl (C=O) groups excluding carboxylic acids is 1. The van der Waals surface area contributed by atoms with Crippen molar-refractivity contribution in [3.63, 3.8) is 0 Å². The number of carbonyl (C=O) groups is 1. The minimum atomic E-state index is 0.0540. The predicted molar refractivity (Wildman–Crippen MR) is 120 cm³/mol. The lowest BCUT2D eigenvalue weighted by molar-refractivity contribution is 0.0645. The fourth-order valence-electron chi connectivity index (χ4n) is 5.36. The molecule has 1 amide bonds. The summed E-state index contributed by atoms with van der Waals surface area (Å²) in [6.07, 6.45) is 5.05. The van der Waals surface area contributed by atoms with E-state index in [1.165, 1.54) is 0 Å². The fraction of sp³-hybridized carbons (Fsp3) is 0.625. The summed E-state index contributed by atoms with van der Waals surface area (Å²) in [7, 11) is 1.63. The van der Waals surface area contributed by atoms with E-state index < -0.39 is 0 Å². The lowest BCUT2D eigenvalue weighted by Gasteiger charge is -2.43. The van der Waals surface area contributed by atoms with Gasteiger partial charge in [0.05, 0.1) is 7.11 Å². The number of aromatic nitrogens is 3. The number of hydrogen-bond donors (Lipinski definition) is 0. The number of rotatable bonds is 6. The van der Waals surface area contributed by atoms with E-state index in [2.05, 4.69) is 40.4 Å². The Hall–Kier alpha value is -2.41. The van der Waals surface area contributed by atoms with Crippen LogP contribution in [0, 0.1) is 5.41 Å². The molecule has 0 N–H and O–H groups in total. The molecule has 1 aromatic carbocycles. The third-order valence-electron chi connectivity index (χ3n) is 7.20.